The van der Waals surface area contributed by atoms with Crippen molar-refractivity contribution in [3.05, 3.63) is 24.4 Å². The van der Waals surface area contributed by atoms with Crippen LogP contribution in [0.15, 0.2) is 29.4 Å². The molecule has 0 radical (unpaired) electrons. The van der Waals surface area contributed by atoms with Gasteiger partial charge in [-0.25, -0.2) is 4.98 Å². The third-order valence-corrected chi connectivity index (χ3v) is 4.64. The van der Waals surface area contributed by atoms with Crippen LogP contribution in [0, 0.1) is 0 Å². The number of methoxy groups -OCH3 is 1. The highest BCUT2D eigenvalue weighted by molar-refractivity contribution is 7.99. The van der Waals surface area contributed by atoms with Crippen LogP contribution < -0.4 is 0 Å². The number of rotatable bonds is 4. The highest BCUT2D eigenvalue weighted by Crippen LogP contribution is 2.39. The van der Waals surface area contributed by atoms with Crippen LogP contribution in [0.2, 0.25) is 0 Å². The van der Waals surface area contributed by atoms with Gasteiger partial charge in [-0.2, -0.15) is 0 Å². The van der Waals surface area contributed by atoms with Crippen LogP contribution in [0.4, 0.5) is 0 Å². The minimum Gasteiger partial charge on any atom is -0.457 e. The van der Waals surface area contributed by atoms with Crippen LogP contribution in [0.5, 0.6) is 0 Å². The topological polar surface area (TPSA) is 57.6 Å². The summed E-state index contributed by atoms with van der Waals surface area (Å²) in [5.41, 5.74) is -0.665. The van der Waals surface area contributed by atoms with Crippen molar-refractivity contribution in [3.63, 3.8) is 0 Å². The zero-order valence-electron chi connectivity index (χ0n) is 12.7. The molecule has 1 unspecified atom stereocenters. The van der Waals surface area contributed by atoms with Gasteiger partial charge in [-0.3, -0.25) is 4.79 Å². The Morgan fingerprint density at radius 3 is 2.86 bits per heavy atom. The molecule has 5 nitrogen and oxygen atoms in total. The fraction of sp³-hybridized carbons (Fsp3) is 0.600. The SMILES string of the molecule is COC1(C)C[C@H](Sc2ccccn2)O[C@H](C)[C@@H]1OC(C)=O. The molecule has 1 aromatic rings. The molecule has 1 aromatic heterocycles. The minimum absolute atomic E-state index is 0.0911. The second kappa shape index (κ2) is 6.77. The standard InChI is InChI=1S/C15H21NO4S/c1-10-14(20-11(2)17)15(3,18-4)9-13(19-10)21-12-7-5-6-8-16-12/h5-8,10,13-14H,9H2,1-4H3/t10-,13+,14+,15?/m1/s1. The quantitative estimate of drug-likeness (QED) is 0.797. The van der Waals surface area contributed by atoms with E-state index >= 15 is 0 Å². The summed E-state index contributed by atoms with van der Waals surface area (Å²) in [6.45, 7) is 5.25. The van der Waals surface area contributed by atoms with Crippen LogP contribution >= 0.6 is 11.8 Å². The second-order valence-corrected chi connectivity index (χ2v) is 6.49. The van der Waals surface area contributed by atoms with E-state index in [0.717, 1.165) is 5.03 Å². The maximum atomic E-state index is 11.3. The minimum atomic E-state index is -0.574. The Morgan fingerprint density at radius 2 is 2.29 bits per heavy atom. The van der Waals surface area contributed by atoms with Crippen molar-refractivity contribution in [2.24, 2.45) is 0 Å². The highest BCUT2D eigenvalue weighted by atomic mass is 32.2. The number of esters is 1. The molecule has 0 N–H and O–H groups in total. The van der Waals surface area contributed by atoms with Crippen molar-refractivity contribution in [3.8, 4) is 0 Å². The smallest absolute Gasteiger partial charge is 0.303 e. The lowest BCUT2D eigenvalue weighted by Gasteiger charge is -2.45. The van der Waals surface area contributed by atoms with Crippen molar-refractivity contribution in [2.75, 3.05) is 7.11 Å². The van der Waals surface area contributed by atoms with Crippen molar-refractivity contribution >= 4 is 17.7 Å². The van der Waals surface area contributed by atoms with Crippen molar-refractivity contribution in [1.29, 1.82) is 0 Å². The molecule has 2 heterocycles. The van der Waals surface area contributed by atoms with Gasteiger partial charge in [0.2, 0.25) is 0 Å². The molecular weight excluding hydrogens is 290 g/mol. The van der Waals surface area contributed by atoms with Gasteiger partial charge in [0.1, 0.15) is 11.0 Å². The van der Waals surface area contributed by atoms with Gasteiger partial charge < -0.3 is 14.2 Å². The van der Waals surface area contributed by atoms with Gasteiger partial charge in [-0.15, -0.1) is 0 Å². The van der Waals surface area contributed by atoms with E-state index in [4.69, 9.17) is 14.2 Å². The van der Waals surface area contributed by atoms with E-state index in [2.05, 4.69) is 4.98 Å². The summed E-state index contributed by atoms with van der Waals surface area (Å²) in [6, 6.07) is 5.77. The van der Waals surface area contributed by atoms with Crippen LogP contribution in [0.25, 0.3) is 0 Å². The molecule has 2 rings (SSSR count). The first-order valence-electron chi connectivity index (χ1n) is 6.90. The normalized spacial score (nSPS) is 32.7. The average molecular weight is 311 g/mol. The molecule has 116 valence electrons. The molecule has 0 saturated carbocycles. The number of aromatic nitrogens is 1. The first kappa shape index (κ1) is 16.3. The summed E-state index contributed by atoms with van der Waals surface area (Å²) >= 11 is 1.55. The number of ether oxygens (including phenoxy) is 3. The summed E-state index contributed by atoms with van der Waals surface area (Å²) < 4.78 is 17.0. The van der Waals surface area contributed by atoms with Gasteiger partial charge in [0, 0.05) is 26.7 Å². The lowest BCUT2D eigenvalue weighted by Crippen LogP contribution is -2.56. The van der Waals surface area contributed by atoms with Gasteiger partial charge in [0.15, 0.2) is 6.10 Å². The molecule has 1 aliphatic heterocycles. The van der Waals surface area contributed by atoms with Crippen LogP contribution in [-0.2, 0) is 19.0 Å². The second-order valence-electron chi connectivity index (χ2n) is 5.31. The summed E-state index contributed by atoms with van der Waals surface area (Å²) in [5.74, 6) is -0.324. The number of thioether (sulfide) groups is 1. The molecule has 1 saturated heterocycles. The van der Waals surface area contributed by atoms with Crippen LogP contribution in [0.3, 0.4) is 0 Å². The molecule has 1 fully saturated rings. The Bertz CT molecular complexity index is 484. The molecule has 0 amide bonds. The summed E-state index contributed by atoms with van der Waals surface area (Å²) in [6.07, 6.45) is 1.72. The van der Waals surface area contributed by atoms with Crippen LogP contribution in [-0.4, -0.2) is 41.3 Å². The molecule has 21 heavy (non-hydrogen) atoms. The summed E-state index contributed by atoms with van der Waals surface area (Å²) in [7, 11) is 1.64. The number of hydrogen-bond acceptors (Lipinski definition) is 6. The predicted octanol–water partition coefficient (Wildman–Crippen LogP) is 2.65. The molecule has 0 aromatic carbocycles. The van der Waals surface area contributed by atoms with Gasteiger partial charge in [-0.1, -0.05) is 17.8 Å². The molecule has 1 aliphatic rings. The van der Waals surface area contributed by atoms with Gasteiger partial charge in [0.25, 0.3) is 0 Å². The van der Waals surface area contributed by atoms with E-state index in [1.54, 1.807) is 25.1 Å². The van der Waals surface area contributed by atoms with Gasteiger partial charge >= 0.3 is 5.97 Å². The Hall–Kier alpha value is -1.11. The molecule has 4 atom stereocenters. The molecular formula is C15H21NO4S. The Morgan fingerprint density at radius 1 is 1.52 bits per heavy atom. The third-order valence-electron chi connectivity index (χ3n) is 3.62. The largest absolute Gasteiger partial charge is 0.457 e. The predicted molar refractivity (Wildman–Crippen MR) is 80.0 cm³/mol. The lowest BCUT2D eigenvalue weighted by molar-refractivity contribution is -0.215. The van der Waals surface area contributed by atoms with E-state index < -0.39 is 11.7 Å². The van der Waals surface area contributed by atoms with Crippen LogP contribution in [0.1, 0.15) is 27.2 Å². The Labute approximate surface area is 129 Å². The van der Waals surface area contributed by atoms with Crippen molar-refractivity contribution in [1.82, 2.24) is 4.98 Å². The van der Waals surface area contributed by atoms with E-state index in [1.807, 2.05) is 32.0 Å². The third kappa shape index (κ3) is 3.96. The summed E-state index contributed by atoms with van der Waals surface area (Å²) in [4.78, 5) is 15.6. The number of pyridine rings is 1. The van der Waals surface area contributed by atoms with E-state index in [-0.39, 0.29) is 17.5 Å². The van der Waals surface area contributed by atoms with Crippen molar-refractivity contribution in [2.45, 2.75) is 55.5 Å². The molecule has 0 bridgehead atoms. The first-order valence-corrected chi connectivity index (χ1v) is 7.78. The maximum absolute atomic E-state index is 11.3. The average Bonchev–Trinajstić information content (AvgIpc) is 2.44. The first-order chi connectivity index (χ1) is 9.94. The van der Waals surface area contributed by atoms with E-state index in [0.29, 0.717) is 6.42 Å². The number of hydrogen-bond donors (Lipinski definition) is 0. The molecule has 0 aliphatic carbocycles. The fourth-order valence-corrected chi connectivity index (χ4v) is 3.72. The molecule has 6 heteroatoms. The Balaban J connectivity index is 2.10. The lowest BCUT2D eigenvalue weighted by atomic mass is 9.89. The van der Waals surface area contributed by atoms with E-state index in [1.165, 1.54) is 6.92 Å². The van der Waals surface area contributed by atoms with Gasteiger partial charge in [-0.05, 0) is 26.0 Å². The number of carbonyl (C=O) groups is 1. The maximum Gasteiger partial charge on any atom is 0.303 e. The zero-order chi connectivity index (χ0) is 15.5. The Kier molecular flexibility index (Phi) is 5.24. The fourth-order valence-electron chi connectivity index (χ4n) is 2.52. The highest BCUT2D eigenvalue weighted by Gasteiger charge is 2.48. The number of carbonyl (C=O) groups excluding carboxylic acids is 1. The monoisotopic (exact) mass is 311 g/mol. The molecule has 0 spiro atoms. The van der Waals surface area contributed by atoms with Crippen molar-refractivity contribution < 1.29 is 19.0 Å². The van der Waals surface area contributed by atoms with Gasteiger partial charge in [0.05, 0.1) is 11.1 Å². The van der Waals surface area contributed by atoms with E-state index in [9.17, 15) is 4.79 Å². The zero-order valence-corrected chi connectivity index (χ0v) is 13.6. The summed E-state index contributed by atoms with van der Waals surface area (Å²) in [5, 5.41) is 0.902. The number of nitrogens with zero attached hydrogens (tertiary/aromatic N) is 1.